The molecule has 0 radical (unpaired) electrons. The summed E-state index contributed by atoms with van der Waals surface area (Å²) in [6.45, 7) is 1.48. The molecule has 0 bridgehead atoms. The maximum atomic E-state index is 12.5. The molecule has 6 heteroatoms. The average Bonchev–Trinajstić information content (AvgIpc) is 2.16. The lowest BCUT2D eigenvalue weighted by atomic mass is 10.1. The van der Waals surface area contributed by atoms with Crippen LogP contribution in [0.5, 0.6) is 5.88 Å². The van der Waals surface area contributed by atoms with Crippen LogP contribution in [0.3, 0.4) is 0 Å². The number of nitrogens with zero attached hydrogens (tertiary/aromatic N) is 1. The Morgan fingerprint density at radius 1 is 1.60 bits per heavy atom. The van der Waals surface area contributed by atoms with Gasteiger partial charge in [0, 0.05) is 0 Å². The Bertz CT molecular complexity index is 396. The van der Waals surface area contributed by atoms with Crippen molar-refractivity contribution in [2.75, 3.05) is 7.11 Å². The highest BCUT2D eigenvalue weighted by Crippen LogP contribution is 2.29. The van der Waals surface area contributed by atoms with Crippen LogP contribution in [-0.2, 0) is 0 Å². The summed E-state index contributed by atoms with van der Waals surface area (Å²) in [7, 11) is 1.20. The lowest BCUT2D eigenvalue weighted by Gasteiger charge is -2.09. The smallest absolute Gasteiger partial charge is 0.271 e. The van der Waals surface area contributed by atoms with Crippen LogP contribution in [-0.4, -0.2) is 17.3 Å². The zero-order valence-electron chi connectivity index (χ0n) is 8.05. The number of halogens is 3. The van der Waals surface area contributed by atoms with E-state index in [1.807, 2.05) is 0 Å². The lowest BCUT2D eigenvalue weighted by Crippen LogP contribution is -2.04. The molecule has 0 fully saturated rings. The molecule has 1 rings (SSSR count). The maximum absolute atomic E-state index is 12.5. The number of carbonyl (C=O) groups is 1. The van der Waals surface area contributed by atoms with E-state index in [0.29, 0.717) is 5.56 Å². The van der Waals surface area contributed by atoms with Crippen molar-refractivity contribution in [3.05, 3.63) is 22.9 Å². The predicted octanol–water partition coefficient (Wildman–Crippen LogP) is 2.72. The van der Waals surface area contributed by atoms with Gasteiger partial charge in [-0.3, -0.25) is 4.79 Å². The highest BCUT2D eigenvalue weighted by atomic mass is 35.5. The van der Waals surface area contributed by atoms with E-state index >= 15 is 0 Å². The number of aryl methyl sites for hydroxylation is 1. The Labute approximate surface area is 90.0 Å². The molecular formula is C9H8ClF2NO2. The number of rotatable bonds is 3. The third-order valence-electron chi connectivity index (χ3n) is 1.82. The van der Waals surface area contributed by atoms with Crippen LogP contribution in [0.25, 0.3) is 0 Å². The van der Waals surface area contributed by atoms with Crippen molar-refractivity contribution in [3.8, 4) is 5.88 Å². The second kappa shape index (κ2) is 4.53. The summed E-state index contributed by atoms with van der Waals surface area (Å²) < 4.78 is 29.6. The van der Waals surface area contributed by atoms with Crippen molar-refractivity contribution < 1.29 is 18.3 Å². The standard InChI is InChI=1S/C9H8ClF2NO2/c1-4-3-5(8(11)12)9(15-2)13-6(4)7(10)14/h3,8H,1-2H3. The topological polar surface area (TPSA) is 39.2 Å². The molecule has 0 atom stereocenters. The summed E-state index contributed by atoms with van der Waals surface area (Å²) in [4.78, 5) is 14.5. The number of methoxy groups -OCH3 is 1. The predicted molar refractivity (Wildman–Crippen MR) is 50.7 cm³/mol. The van der Waals surface area contributed by atoms with Crippen LogP contribution < -0.4 is 4.74 Å². The van der Waals surface area contributed by atoms with Gasteiger partial charge < -0.3 is 4.74 Å². The van der Waals surface area contributed by atoms with E-state index < -0.39 is 11.7 Å². The number of alkyl halides is 2. The Kier molecular flexibility index (Phi) is 3.57. The summed E-state index contributed by atoms with van der Waals surface area (Å²) in [6, 6.07) is 1.14. The first kappa shape index (κ1) is 11.8. The number of carbonyl (C=O) groups excluding carboxylic acids is 1. The van der Waals surface area contributed by atoms with Crippen molar-refractivity contribution in [3.63, 3.8) is 0 Å². The fraction of sp³-hybridized carbons (Fsp3) is 0.333. The zero-order chi connectivity index (χ0) is 11.6. The van der Waals surface area contributed by atoms with Gasteiger partial charge in [0.1, 0.15) is 5.69 Å². The molecule has 0 saturated carbocycles. The van der Waals surface area contributed by atoms with Gasteiger partial charge in [0.05, 0.1) is 12.7 Å². The van der Waals surface area contributed by atoms with Gasteiger partial charge in [0.25, 0.3) is 11.7 Å². The summed E-state index contributed by atoms with van der Waals surface area (Å²) in [5.41, 5.74) is -0.124. The average molecular weight is 236 g/mol. The van der Waals surface area contributed by atoms with Crippen molar-refractivity contribution in [1.82, 2.24) is 4.98 Å². The molecule has 0 aliphatic heterocycles. The molecule has 0 spiro atoms. The lowest BCUT2D eigenvalue weighted by molar-refractivity contribution is 0.107. The molecule has 0 aromatic carbocycles. The van der Waals surface area contributed by atoms with Gasteiger partial charge in [-0.25, -0.2) is 13.8 Å². The molecule has 15 heavy (non-hydrogen) atoms. The van der Waals surface area contributed by atoms with Crippen LogP contribution in [0.4, 0.5) is 8.78 Å². The second-order valence-corrected chi connectivity index (χ2v) is 3.17. The van der Waals surface area contributed by atoms with Crippen LogP contribution in [0.1, 0.15) is 28.0 Å². The highest BCUT2D eigenvalue weighted by molar-refractivity contribution is 6.67. The van der Waals surface area contributed by atoms with Gasteiger partial charge in [-0.2, -0.15) is 0 Å². The molecule has 1 aromatic heterocycles. The largest absolute Gasteiger partial charge is 0.481 e. The Balaban J connectivity index is 3.35. The van der Waals surface area contributed by atoms with E-state index in [1.54, 1.807) is 0 Å². The van der Waals surface area contributed by atoms with E-state index in [-0.39, 0.29) is 17.1 Å². The molecule has 0 amide bonds. The first-order valence-corrected chi connectivity index (χ1v) is 4.38. The normalized spacial score (nSPS) is 10.5. The molecule has 82 valence electrons. The Hall–Kier alpha value is -1.23. The van der Waals surface area contributed by atoms with Crippen molar-refractivity contribution in [2.45, 2.75) is 13.3 Å². The molecule has 0 saturated heterocycles. The van der Waals surface area contributed by atoms with Gasteiger partial charge in [-0.1, -0.05) is 0 Å². The molecule has 1 heterocycles. The molecule has 0 N–H and O–H groups in total. The van der Waals surface area contributed by atoms with Gasteiger partial charge in [-0.15, -0.1) is 0 Å². The van der Waals surface area contributed by atoms with E-state index in [1.165, 1.54) is 14.0 Å². The Morgan fingerprint density at radius 3 is 2.60 bits per heavy atom. The fourth-order valence-electron chi connectivity index (χ4n) is 1.14. The molecule has 0 unspecified atom stereocenters. The first-order chi connectivity index (χ1) is 6.97. The number of hydrogen-bond donors (Lipinski definition) is 0. The van der Waals surface area contributed by atoms with Gasteiger partial charge >= 0.3 is 0 Å². The zero-order valence-corrected chi connectivity index (χ0v) is 8.81. The summed E-state index contributed by atoms with van der Waals surface area (Å²) in [5, 5.41) is -0.799. The molecular weight excluding hydrogens is 228 g/mol. The third-order valence-corrected chi connectivity index (χ3v) is 2.00. The van der Waals surface area contributed by atoms with Gasteiger partial charge in [0.15, 0.2) is 0 Å². The fourth-order valence-corrected chi connectivity index (χ4v) is 1.33. The molecule has 3 nitrogen and oxygen atoms in total. The van der Waals surface area contributed by atoms with E-state index in [4.69, 9.17) is 11.6 Å². The van der Waals surface area contributed by atoms with Crippen LogP contribution >= 0.6 is 11.6 Å². The third kappa shape index (κ3) is 2.41. The monoisotopic (exact) mass is 235 g/mol. The SMILES string of the molecule is COc1nc(C(=O)Cl)c(C)cc1C(F)F. The van der Waals surface area contributed by atoms with Crippen LogP contribution in [0.2, 0.25) is 0 Å². The van der Waals surface area contributed by atoms with Crippen molar-refractivity contribution in [2.24, 2.45) is 0 Å². The first-order valence-electron chi connectivity index (χ1n) is 4.01. The van der Waals surface area contributed by atoms with E-state index in [9.17, 15) is 13.6 Å². The molecule has 0 aliphatic rings. The number of hydrogen-bond acceptors (Lipinski definition) is 3. The van der Waals surface area contributed by atoms with E-state index in [0.717, 1.165) is 6.07 Å². The van der Waals surface area contributed by atoms with E-state index in [2.05, 4.69) is 9.72 Å². The van der Waals surface area contributed by atoms with Gasteiger partial charge in [0.2, 0.25) is 5.88 Å². The maximum Gasteiger partial charge on any atom is 0.271 e. The minimum absolute atomic E-state index is 0.0714. The van der Waals surface area contributed by atoms with Crippen molar-refractivity contribution >= 4 is 16.8 Å². The number of aromatic nitrogens is 1. The number of ether oxygens (including phenoxy) is 1. The molecule has 1 aromatic rings. The quantitative estimate of drug-likeness (QED) is 0.756. The minimum Gasteiger partial charge on any atom is -0.481 e. The summed E-state index contributed by atoms with van der Waals surface area (Å²) in [6.07, 6.45) is -2.70. The Morgan fingerprint density at radius 2 is 2.20 bits per heavy atom. The number of pyridine rings is 1. The van der Waals surface area contributed by atoms with Gasteiger partial charge in [-0.05, 0) is 30.2 Å². The second-order valence-electron chi connectivity index (χ2n) is 2.83. The highest BCUT2D eigenvalue weighted by Gasteiger charge is 2.19. The molecule has 0 aliphatic carbocycles. The van der Waals surface area contributed by atoms with Crippen LogP contribution in [0, 0.1) is 6.92 Å². The van der Waals surface area contributed by atoms with Crippen molar-refractivity contribution in [1.29, 1.82) is 0 Å². The summed E-state index contributed by atoms with van der Waals surface area (Å²) in [5.74, 6) is -0.278. The minimum atomic E-state index is -2.70. The van der Waals surface area contributed by atoms with Crippen LogP contribution in [0.15, 0.2) is 6.07 Å². The summed E-state index contributed by atoms with van der Waals surface area (Å²) >= 11 is 5.22.